The van der Waals surface area contributed by atoms with E-state index in [2.05, 4.69) is 37.4 Å². The monoisotopic (exact) mass is 233 g/mol. The molecule has 84 valence electrons. The van der Waals surface area contributed by atoms with Gasteiger partial charge in [0.15, 0.2) is 0 Å². The number of nitrogens with one attached hydrogen (secondary N) is 1. The normalized spacial score (nSPS) is 11.0. The van der Waals surface area contributed by atoms with E-state index in [0.29, 0.717) is 6.04 Å². The van der Waals surface area contributed by atoms with Crippen LogP contribution in [-0.2, 0) is 0 Å². The summed E-state index contributed by atoms with van der Waals surface area (Å²) in [7, 11) is 0. The molecule has 0 spiro atoms. The fourth-order valence-corrected chi connectivity index (χ4v) is 2.01. The van der Waals surface area contributed by atoms with Gasteiger partial charge in [-0.2, -0.15) is 0 Å². The molecular formula is C13H15NOS. The molecule has 2 rings (SSSR count). The van der Waals surface area contributed by atoms with Crippen LogP contribution in [0.15, 0.2) is 41.3 Å². The van der Waals surface area contributed by atoms with Gasteiger partial charge in [0.1, 0.15) is 0 Å². The second-order valence-electron chi connectivity index (χ2n) is 4.11. The molecule has 0 fully saturated rings. The predicted molar refractivity (Wildman–Crippen MR) is 71.2 cm³/mol. The Bertz CT molecular complexity index is 496. The van der Waals surface area contributed by atoms with Gasteiger partial charge in [-0.1, -0.05) is 12.1 Å². The van der Waals surface area contributed by atoms with Gasteiger partial charge < -0.3 is 9.87 Å². The Morgan fingerprint density at radius 1 is 1.06 bits per heavy atom. The highest BCUT2D eigenvalue weighted by molar-refractivity contribution is 7.93. The van der Waals surface area contributed by atoms with Crippen molar-refractivity contribution in [3.05, 3.63) is 36.4 Å². The quantitative estimate of drug-likeness (QED) is 0.778. The molecule has 0 radical (unpaired) electrons. The van der Waals surface area contributed by atoms with Gasteiger partial charge in [-0.15, -0.1) is 0 Å². The van der Waals surface area contributed by atoms with Crippen molar-refractivity contribution in [3.63, 3.8) is 0 Å². The Kier molecular flexibility index (Phi) is 3.36. The van der Waals surface area contributed by atoms with Crippen LogP contribution in [0, 0.1) is 0 Å². The van der Waals surface area contributed by atoms with Crippen molar-refractivity contribution in [2.45, 2.75) is 24.8 Å². The summed E-state index contributed by atoms with van der Waals surface area (Å²) in [6.45, 7) is 4.24. The van der Waals surface area contributed by atoms with Crippen LogP contribution >= 0.6 is 12.0 Å². The third-order valence-corrected chi connectivity index (χ3v) is 2.84. The predicted octanol–water partition coefficient (Wildman–Crippen LogP) is 4.23. The van der Waals surface area contributed by atoms with Crippen LogP contribution in [0.4, 0.5) is 5.69 Å². The Hall–Kier alpha value is -1.19. The number of hydrogen-bond donors (Lipinski definition) is 2. The Morgan fingerprint density at radius 3 is 2.44 bits per heavy atom. The van der Waals surface area contributed by atoms with Gasteiger partial charge in [0.05, 0.1) is 0 Å². The lowest BCUT2D eigenvalue weighted by Gasteiger charge is -2.10. The second-order valence-corrected chi connectivity index (χ2v) is 4.77. The van der Waals surface area contributed by atoms with Gasteiger partial charge in [-0.05, 0) is 48.9 Å². The molecule has 0 aromatic heterocycles. The topological polar surface area (TPSA) is 32.3 Å². The minimum Gasteiger partial charge on any atom is -0.383 e. The summed E-state index contributed by atoms with van der Waals surface area (Å²) in [5.74, 6) is 0. The van der Waals surface area contributed by atoms with Crippen molar-refractivity contribution in [3.8, 4) is 0 Å². The van der Waals surface area contributed by atoms with Crippen LogP contribution in [0.25, 0.3) is 10.8 Å². The average molecular weight is 233 g/mol. The van der Waals surface area contributed by atoms with Crippen molar-refractivity contribution in [1.29, 1.82) is 0 Å². The number of fused-ring (bicyclic) bond motifs is 1. The first kappa shape index (κ1) is 11.3. The fourth-order valence-electron chi connectivity index (χ4n) is 1.70. The Labute approximate surface area is 99.9 Å². The molecule has 0 aliphatic heterocycles. The number of rotatable bonds is 3. The summed E-state index contributed by atoms with van der Waals surface area (Å²) >= 11 is 0.783. The smallest absolute Gasteiger partial charge is 0.0357 e. The molecule has 0 saturated carbocycles. The molecule has 0 unspecified atom stereocenters. The summed E-state index contributed by atoms with van der Waals surface area (Å²) < 4.78 is 8.97. The van der Waals surface area contributed by atoms with Crippen LogP contribution in [0.1, 0.15) is 13.8 Å². The van der Waals surface area contributed by atoms with Crippen molar-refractivity contribution in [2.75, 3.05) is 5.32 Å². The van der Waals surface area contributed by atoms with Crippen molar-refractivity contribution in [2.24, 2.45) is 0 Å². The highest BCUT2D eigenvalue weighted by Crippen LogP contribution is 2.24. The molecule has 0 atom stereocenters. The zero-order valence-corrected chi connectivity index (χ0v) is 10.2. The summed E-state index contributed by atoms with van der Waals surface area (Å²) in [6, 6.07) is 12.6. The van der Waals surface area contributed by atoms with Gasteiger partial charge >= 0.3 is 0 Å². The number of anilines is 1. The van der Waals surface area contributed by atoms with Crippen LogP contribution in [0.2, 0.25) is 0 Å². The molecule has 2 aromatic rings. The minimum absolute atomic E-state index is 0.435. The number of hydrogen-bond acceptors (Lipinski definition) is 3. The lowest BCUT2D eigenvalue weighted by atomic mass is 10.1. The van der Waals surface area contributed by atoms with Crippen LogP contribution in [0.3, 0.4) is 0 Å². The van der Waals surface area contributed by atoms with E-state index in [1.165, 1.54) is 5.39 Å². The van der Waals surface area contributed by atoms with Crippen molar-refractivity contribution < 1.29 is 4.55 Å². The molecule has 16 heavy (non-hydrogen) atoms. The molecule has 2 aromatic carbocycles. The van der Waals surface area contributed by atoms with E-state index < -0.39 is 0 Å². The van der Waals surface area contributed by atoms with Crippen LogP contribution in [-0.4, -0.2) is 10.6 Å². The third-order valence-electron chi connectivity index (χ3n) is 2.37. The van der Waals surface area contributed by atoms with E-state index in [1.807, 2.05) is 18.2 Å². The minimum atomic E-state index is 0.435. The average Bonchev–Trinajstić information content (AvgIpc) is 2.27. The van der Waals surface area contributed by atoms with Gasteiger partial charge in [0, 0.05) is 28.7 Å². The largest absolute Gasteiger partial charge is 0.383 e. The molecule has 3 heteroatoms. The molecule has 0 aliphatic rings. The molecule has 0 heterocycles. The van der Waals surface area contributed by atoms with Gasteiger partial charge in [-0.25, -0.2) is 0 Å². The maximum Gasteiger partial charge on any atom is 0.0357 e. The Morgan fingerprint density at radius 2 is 1.75 bits per heavy atom. The Balaban J connectivity index is 2.39. The third kappa shape index (κ3) is 2.49. The number of benzene rings is 2. The van der Waals surface area contributed by atoms with E-state index in [9.17, 15) is 0 Å². The maximum atomic E-state index is 8.97. The highest BCUT2D eigenvalue weighted by atomic mass is 32.2. The summed E-state index contributed by atoms with van der Waals surface area (Å²) in [5, 5.41) is 5.70. The standard InChI is InChI=1S/C13H15NOS/c1-9(2)14-12-5-3-11-8-13(16-15)6-4-10(11)7-12/h3-9,14-15H,1-2H3. The first-order chi connectivity index (χ1) is 7.69. The highest BCUT2D eigenvalue weighted by Gasteiger charge is 1.99. The van der Waals surface area contributed by atoms with Crippen molar-refractivity contribution >= 4 is 28.5 Å². The zero-order valence-electron chi connectivity index (χ0n) is 9.40. The molecule has 0 bridgehead atoms. The van der Waals surface area contributed by atoms with E-state index in [4.69, 9.17) is 4.55 Å². The molecule has 0 amide bonds. The van der Waals surface area contributed by atoms with Gasteiger partial charge in [-0.3, -0.25) is 0 Å². The van der Waals surface area contributed by atoms with Crippen molar-refractivity contribution in [1.82, 2.24) is 0 Å². The molecule has 0 saturated heterocycles. The summed E-state index contributed by atoms with van der Waals surface area (Å²) in [5.41, 5.74) is 1.13. The summed E-state index contributed by atoms with van der Waals surface area (Å²) in [6.07, 6.45) is 0. The SMILES string of the molecule is CC(C)Nc1ccc2cc(SO)ccc2c1. The van der Waals surface area contributed by atoms with Crippen LogP contribution < -0.4 is 5.32 Å². The zero-order chi connectivity index (χ0) is 11.5. The maximum absolute atomic E-state index is 8.97. The second kappa shape index (κ2) is 4.76. The molecular weight excluding hydrogens is 218 g/mol. The lowest BCUT2D eigenvalue weighted by molar-refractivity contribution is 0.664. The van der Waals surface area contributed by atoms with E-state index in [1.54, 1.807) is 0 Å². The summed E-state index contributed by atoms with van der Waals surface area (Å²) in [4.78, 5) is 0.872. The van der Waals surface area contributed by atoms with E-state index in [-0.39, 0.29) is 0 Å². The fraction of sp³-hybridized carbons (Fsp3) is 0.231. The lowest BCUT2D eigenvalue weighted by Crippen LogP contribution is -2.09. The van der Waals surface area contributed by atoms with Crippen LogP contribution in [0.5, 0.6) is 0 Å². The van der Waals surface area contributed by atoms with E-state index in [0.717, 1.165) is 28.0 Å². The van der Waals surface area contributed by atoms with Gasteiger partial charge in [0.2, 0.25) is 0 Å². The first-order valence-electron chi connectivity index (χ1n) is 5.31. The molecule has 0 aliphatic carbocycles. The first-order valence-corrected chi connectivity index (χ1v) is 6.08. The molecule has 2 nitrogen and oxygen atoms in total. The van der Waals surface area contributed by atoms with E-state index >= 15 is 0 Å². The van der Waals surface area contributed by atoms with Gasteiger partial charge in [0.25, 0.3) is 0 Å². The molecule has 2 N–H and O–H groups in total.